The molecule has 0 heterocycles. The zero-order valence-electron chi connectivity index (χ0n) is 11.3. The molecule has 2 rings (SSSR count). The van der Waals surface area contributed by atoms with Crippen LogP contribution < -0.4 is 0 Å². The first-order chi connectivity index (χ1) is 8.97. The van der Waals surface area contributed by atoms with E-state index in [0.717, 1.165) is 17.4 Å². The van der Waals surface area contributed by atoms with Crippen LogP contribution in [0.5, 0.6) is 11.5 Å². The molecule has 19 heavy (non-hydrogen) atoms. The minimum Gasteiger partial charge on any atom is -0.508 e. The van der Waals surface area contributed by atoms with Gasteiger partial charge in [0.15, 0.2) is 0 Å². The molecular weight excluding hydrogens is 240 g/mol. The summed E-state index contributed by atoms with van der Waals surface area (Å²) in [5, 5.41) is 18.2. The van der Waals surface area contributed by atoms with Gasteiger partial charge in [-0.25, -0.2) is 0 Å². The van der Waals surface area contributed by atoms with E-state index in [1.54, 1.807) is 31.2 Å². The predicted octanol–water partition coefficient (Wildman–Crippen LogP) is 3.52. The number of phenols is 2. The van der Waals surface area contributed by atoms with Gasteiger partial charge in [0, 0.05) is 11.1 Å². The summed E-state index contributed by atoms with van der Waals surface area (Å²) in [4.78, 5) is 10.3. The van der Waals surface area contributed by atoms with E-state index in [9.17, 15) is 4.79 Å². The molecule has 3 heteroatoms. The molecule has 0 aliphatic rings. The average molecular weight is 258 g/mol. The first-order valence-electron chi connectivity index (χ1n) is 5.96. The summed E-state index contributed by atoms with van der Waals surface area (Å²) < 4.78 is 0. The third kappa shape index (κ3) is 3.85. The molecule has 2 N–H and O–H groups in total. The molecule has 0 fully saturated rings. The summed E-state index contributed by atoms with van der Waals surface area (Å²) in [6.07, 6.45) is 0.731. The minimum absolute atomic E-state index is 0.171. The normalized spacial score (nSPS) is 9.42. The van der Waals surface area contributed by atoms with Crippen LogP contribution in [0.15, 0.2) is 36.4 Å². The van der Waals surface area contributed by atoms with E-state index < -0.39 is 0 Å². The van der Waals surface area contributed by atoms with E-state index in [4.69, 9.17) is 10.2 Å². The van der Waals surface area contributed by atoms with Crippen molar-refractivity contribution in [2.24, 2.45) is 0 Å². The monoisotopic (exact) mass is 258 g/mol. The first-order valence-corrected chi connectivity index (χ1v) is 5.96. The molecule has 0 aliphatic carbocycles. The van der Waals surface area contributed by atoms with E-state index in [-0.39, 0.29) is 5.75 Å². The van der Waals surface area contributed by atoms with E-state index in [2.05, 4.69) is 0 Å². The summed E-state index contributed by atoms with van der Waals surface area (Å²) in [6, 6.07) is 10.4. The number of aldehydes is 1. The maximum absolute atomic E-state index is 10.3. The van der Waals surface area contributed by atoms with E-state index in [1.807, 2.05) is 26.0 Å². The van der Waals surface area contributed by atoms with Gasteiger partial charge >= 0.3 is 0 Å². The Morgan fingerprint density at radius 1 is 0.842 bits per heavy atom. The van der Waals surface area contributed by atoms with Crippen LogP contribution in [-0.2, 0) is 0 Å². The van der Waals surface area contributed by atoms with Crippen molar-refractivity contribution in [1.82, 2.24) is 0 Å². The second kappa shape index (κ2) is 6.59. The van der Waals surface area contributed by atoms with Gasteiger partial charge in [0.1, 0.15) is 17.8 Å². The first kappa shape index (κ1) is 14.8. The quantitative estimate of drug-likeness (QED) is 0.769. The second-order valence-electron chi connectivity index (χ2n) is 4.33. The Labute approximate surface area is 113 Å². The molecule has 0 spiro atoms. The van der Waals surface area contributed by atoms with Crippen molar-refractivity contribution in [3.05, 3.63) is 58.7 Å². The Balaban J connectivity index is 0.000000191. The van der Waals surface area contributed by atoms with Crippen LogP contribution in [0.1, 0.15) is 27.0 Å². The molecule has 2 aromatic rings. The number of carbonyl (C=O) groups excluding carboxylic acids is 1. The second-order valence-corrected chi connectivity index (χ2v) is 4.33. The predicted molar refractivity (Wildman–Crippen MR) is 75.8 cm³/mol. The standard InChI is InChI=1S/C8H8O2.C8H10O/c1-6-7(5-9)3-2-4-8(6)10;1-6-4-3-5-8(9)7(6)2/h2-5,10H,1H3;3-5,9H,1-2H3. The van der Waals surface area contributed by atoms with E-state index in [1.165, 1.54) is 0 Å². The van der Waals surface area contributed by atoms with Gasteiger partial charge in [-0.2, -0.15) is 0 Å². The average Bonchev–Trinajstić information content (AvgIpc) is 2.40. The molecule has 2 aromatic carbocycles. The Bertz CT molecular complexity index is 554. The lowest BCUT2D eigenvalue weighted by Gasteiger charge is -1.99. The van der Waals surface area contributed by atoms with Crippen LogP contribution in [0.2, 0.25) is 0 Å². The largest absolute Gasteiger partial charge is 0.508 e. The number of benzene rings is 2. The molecule has 0 aromatic heterocycles. The zero-order valence-corrected chi connectivity index (χ0v) is 11.3. The van der Waals surface area contributed by atoms with Crippen LogP contribution in [0.3, 0.4) is 0 Å². The van der Waals surface area contributed by atoms with Gasteiger partial charge in [-0.3, -0.25) is 4.79 Å². The van der Waals surface area contributed by atoms with E-state index in [0.29, 0.717) is 16.9 Å². The molecule has 0 aliphatic heterocycles. The number of hydrogen-bond donors (Lipinski definition) is 2. The van der Waals surface area contributed by atoms with Gasteiger partial charge in [0.2, 0.25) is 0 Å². The molecular formula is C16H18O3. The lowest BCUT2D eigenvalue weighted by Crippen LogP contribution is -1.84. The fourth-order valence-electron chi connectivity index (χ4n) is 1.50. The molecule has 0 bridgehead atoms. The maximum atomic E-state index is 10.3. The lowest BCUT2D eigenvalue weighted by molar-refractivity contribution is 0.112. The van der Waals surface area contributed by atoms with Crippen molar-refractivity contribution in [1.29, 1.82) is 0 Å². The van der Waals surface area contributed by atoms with Gasteiger partial charge < -0.3 is 10.2 Å². The Hall–Kier alpha value is -2.29. The highest BCUT2D eigenvalue weighted by molar-refractivity contribution is 5.78. The summed E-state index contributed by atoms with van der Waals surface area (Å²) in [7, 11) is 0. The van der Waals surface area contributed by atoms with Gasteiger partial charge in [0.25, 0.3) is 0 Å². The molecule has 0 saturated carbocycles. The highest BCUT2D eigenvalue weighted by Crippen LogP contribution is 2.18. The molecule has 3 nitrogen and oxygen atoms in total. The van der Waals surface area contributed by atoms with Gasteiger partial charge in [0.05, 0.1) is 0 Å². The minimum atomic E-state index is 0.171. The summed E-state index contributed by atoms with van der Waals surface area (Å²) in [6.45, 7) is 5.60. The van der Waals surface area contributed by atoms with Crippen molar-refractivity contribution in [3.8, 4) is 11.5 Å². The van der Waals surface area contributed by atoms with Crippen molar-refractivity contribution >= 4 is 6.29 Å². The van der Waals surface area contributed by atoms with Crippen LogP contribution in [0.25, 0.3) is 0 Å². The number of rotatable bonds is 1. The van der Waals surface area contributed by atoms with Crippen LogP contribution in [0.4, 0.5) is 0 Å². The van der Waals surface area contributed by atoms with Crippen LogP contribution in [-0.4, -0.2) is 16.5 Å². The van der Waals surface area contributed by atoms with Crippen molar-refractivity contribution in [2.75, 3.05) is 0 Å². The van der Waals surface area contributed by atoms with Crippen molar-refractivity contribution in [2.45, 2.75) is 20.8 Å². The van der Waals surface area contributed by atoms with Gasteiger partial charge in [-0.05, 0) is 44.0 Å². The van der Waals surface area contributed by atoms with E-state index >= 15 is 0 Å². The summed E-state index contributed by atoms with van der Waals surface area (Å²) >= 11 is 0. The third-order valence-electron chi connectivity index (χ3n) is 3.05. The Kier molecular flexibility index (Phi) is 5.12. The van der Waals surface area contributed by atoms with Gasteiger partial charge in [-0.15, -0.1) is 0 Å². The Morgan fingerprint density at radius 3 is 1.79 bits per heavy atom. The smallest absolute Gasteiger partial charge is 0.150 e. The molecule has 0 radical (unpaired) electrons. The van der Waals surface area contributed by atoms with Gasteiger partial charge in [-0.1, -0.05) is 24.3 Å². The molecule has 0 unspecified atom stereocenters. The van der Waals surface area contributed by atoms with Crippen LogP contribution in [0, 0.1) is 20.8 Å². The highest BCUT2D eigenvalue weighted by Gasteiger charge is 1.98. The molecule has 0 atom stereocenters. The molecule has 100 valence electrons. The van der Waals surface area contributed by atoms with Crippen molar-refractivity contribution in [3.63, 3.8) is 0 Å². The number of hydrogen-bond acceptors (Lipinski definition) is 3. The molecule has 0 amide bonds. The third-order valence-corrected chi connectivity index (χ3v) is 3.05. The molecule has 0 saturated heterocycles. The highest BCUT2D eigenvalue weighted by atomic mass is 16.3. The van der Waals surface area contributed by atoms with Crippen LogP contribution >= 0.6 is 0 Å². The number of phenolic OH excluding ortho intramolecular Hbond substituents is 2. The number of carbonyl (C=O) groups is 1. The zero-order chi connectivity index (χ0) is 14.4. The number of aromatic hydroxyl groups is 2. The lowest BCUT2D eigenvalue weighted by atomic mass is 10.1. The fourth-order valence-corrected chi connectivity index (χ4v) is 1.50. The number of aryl methyl sites for hydroxylation is 1. The summed E-state index contributed by atoms with van der Waals surface area (Å²) in [5.41, 5.74) is 3.28. The SMILES string of the molecule is Cc1c(O)cccc1C=O.Cc1cccc(O)c1C. The maximum Gasteiger partial charge on any atom is 0.150 e. The summed E-state index contributed by atoms with van der Waals surface area (Å²) in [5.74, 6) is 0.555. The van der Waals surface area contributed by atoms with Crippen molar-refractivity contribution < 1.29 is 15.0 Å². The fraction of sp³-hybridized carbons (Fsp3) is 0.188. The topological polar surface area (TPSA) is 57.5 Å². The Morgan fingerprint density at radius 2 is 1.37 bits per heavy atom.